The van der Waals surface area contributed by atoms with E-state index in [9.17, 15) is 0 Å². The van der Waals surface area contributed by atoms with E-state index in [2.05, 4.69) is 44.4 Å². The largest absolute Gasteiger partial charge is 0.298 e. The molecule has 0 aromatic carbocycles. The third-order valence-corrected chi connectivity index (χ3v) is 3.63. The van der Waals surface area contributed by atoms with Crippen molar-refractivity contribution in [2.45, 2.75) is 65.6 Å². The Labute approximate surface area is 95.6 Å². The van der Waals surface area contributed by atoms with Crippen LogP contribution in [0.4, 0.5) is 0 Å². The summed E-state index contributed by atoms with van der Waals surface area (Å²) in [7, 11) is 0. The van der Waals surface area contributed by atoms with Crippen LogP contribution in [0.3, 0.4) is 0 Å². The van der Waals surface area contributed by atoms with Gasteiger partial charge in [-0.05, 0) is 40.7 Å². The molecule has 0 bridgehead atoms. The molecule has 1 aliphatic heterocycles. The van der Waals surface area contributed by atoms with Crippen molar-refractivity contribution in [3.8, 4) is 0 Å². The molecule has 0 aromatic rings. The Hall–Kier alpha value is -0.0800. The first-order valence-corrected chi connectivity index (χ1v) is 6.56. The zero-order valence-corrected chi connectivity index (χ0v) is 11.2. The fourth-order valence-corrected chi connectivity index (χ4v) is 2.62. The van der Waals surface area contributed by atoms with Crippen molar-refractivity contribution in [2.24, 2.45) is 0 Å². The molecule has 0 amide bonds. The smallest absolute Gasteiger partial charge is 0.0198 e. The molecule has 15 heavy (non-hydrogen) atoms. The Bertz CT molecular complexity index is 179. The first-order valence-electron chi connectivity index (χ1n) is 6.56. The molecule has 1 aliphatic rings. The molecule has 0 saturated carbocycles. The predicted molar refractivity (Wildman–Crippen MR) is 67.2 cm³/mol. The number of nitrogens with zero attached hydrogens (tertiary/aromatic N) is 2. The third-order valence-electron chi connectivity index (χ3n) is 3.63. The van der Waals surface area contributed by atoms with Crippen molar-refractivity contribution < 1.29 is 0 Å². The summed E-state index contributed by atoms with van der Waals surface area (Å²) in [6.45, 7) is 15.4. The highest BCUT2D eigenvalue weighted by Gasteiger charge is 2.29. The molecule has 2 nitrogen and oxygen atoms in total. The lowest BCUT2D eigenvalue weighted by Crippen LogP contribution is -2.58. The minimum absolute atomic E-state index is 0.691. The molecule has 0 aliphatic carbocycles. The van der Waals surface area contributed by atoms with E-state index < -0.39 is 0 Å². The highest BCUT2D eigenvalue weighted by Crippen LogP contribution is 2.17. The van der Waals surface area contributed by atoms with Crippen molar-refractivity contribution in [3.63, 3.8) is 0 Å². The highest BCUT2D eigenvalue weighted by molar-refractivity contribution is 4.85. The molecule has 0 spiro atoms. The third kappa shape index (κ3) is 3.46. The molecule has 1 fully saturated rings. The number of rotatable bonds is 4. The molecule has 90 valence electrons. The Morgan fingerprint density at radius 3 is 2.33 bits per heavy atom. The van der Waals surface area contributed by atoms with Crippen LogP contribution in [0.5, 0.6) is 0 Å². The molecule has 1 rings (SSSR count). The fourth-order valence-electron chi connectivity index (χ4n) is 2.62. The Kier molecular flexibility index (Phi) is 5.07. The van der Waals surface area contributed by atoms with Gasteiger partial charge < -0.3 is 0 Å². The molecule has 2 heteroatoms. The van der Waals surface area contributed by atoms with Gasteiger partial charge in [-0.25, -0.2) is 0 Å². The van der Waals surface area contributed by atoms with Crippen LogP contribution in [-0.2, 0) is 0 Å². The number of hydrogen-bond donors (Lipinski definition) is 0. The molecule has 0 aromatic heterocycles. The van der Waals surface area contributed by atoms with Gasteiger partial charge in [-0.2, -0.15) is 0 Å². The van der Waals surface area contributed by atoms with Crippen LogP contribution >= 0.6 is 0 Å². The Morgan fingerprint density at radius 1 is 1.13 bits per heavy atom. The first-order chi connectivity index (χ1) is 7.06. The summed E-state index contributed by atoms with van der Waals surface area (Å²) >= 11 is 0. The van der Waals surface area contributed by atoms with E-state index in [0.717, 1.165) is 12.1 Å². The number of unbranched alkanes of at least 4 members (excludes halogenated alkanes) is 1. The van der Waals surface area contributed by atoms with Crippen molar-refractivity contribution in [1.82, 2.24) is 9.80 Å². The lowest BCUT2D eigenvalue weighted by atomic mass is 10.1. The maximum absolute atomic E-state index is 2.66. The molecule has 0 N–H and O–H groups in total. The summed E-state index contributed by atoms with van der Waals surface area (Å²) in [5.41, 5.74) is 0. The minimum atomic E-state index is 0.691. The van der Waals surface area contributed by atoms with Gasteiger partial charge in [0.1, 0.15) is 0 Å². The van der Waals surface area contributed by atoms with Gasteiger partial charge in [0, 0.05) is 31.2 Å². The second kappa shape index (κ2) is 5.86. The van der Waals surface area contributed by atoms with E-state index in [1.165, 1.54) is 32.5 Å². The van der Waals surface area contributed by atoms with E-state index in [0.29, 0.717) is 6.04 Å². The van der Waals surface area contributed by atoms with Crippen LogP contribution in [0, 0.1) is 0 Å². The molecule has 0 radical (unpaired) electrons. The molecule has 1 saturated heterocycles. The Balaban J connectivity index is 2.47. The lowest BCUT2D eigenvalue weighted by Gasteiger charge is -2.46. The van der Waals surface area contributed by atoms with Gasteiger partial charge in [0.15, 0.2) is 0 Å². The average Bonchev–Trinajstić information content (AvgIpc) is 2.18. The normalized spacial score (nSPS) is 30.0. The van der Waals surface area contributed by atoms with E-state index in [1.807, 2.05) is 0 Å². The zero-order valence-electron chi connectivity index (χ0n) is 11.2. The van der Waals surface area contributed by atoms with Gasteiger partial charge in [-0.1, -0.05) is 13.3 Å². The molecular formula is C13H28N2. The monoisotopic (exact) mass is 212 g/mol. The quantitative estimate of drug-likeness (QED) is 0.707. The summed E-state index contributed by atoms with van der Waals surface area (Å²) in [5, 5.41) is 0. The second-order valence-corrected chi connectivity index (χ2v) is 5.34. The van der Waals surface area contributed by atoms with Gasteiger partial charge in [0.25, 0.3) is 0 Å². The minimum Gasteiger partial charge on any atom is -0.298 e. The van der Waals surface area contributed by atoms with Crippen LogP contribution in [0.2, 0.25) is 0 Å². The standard InChI is InChI=1S/C13H28N2/c1-6-7-8-14-9-13(5)15(11(2)3)10-12(14)4/h11-13H,6-10H2,1-5H3/t12-,13-/m0/s1. The van der Waals surface area contributed by atoms with E-state index in [4.69, 9.17) is 0 Å². The summed E-state index contributed by atoms with van der Waals surface area (Å²) in [6.07, 6.45) is 2.66. The topological polar surface area (TPSA) is 6.48 Å². The number of hydrogen-bond acceptors (Lipinski definition) is 2. The van der Waals surface area contributed by atoms with Gasteiger partial charge in [-0.3, -0.25) is 9.80 Å². The average molecular weight is 212 g/mol. The van der Waals surface area contributed by atoms with Gasteiger partial charge >= 0.3 is 0 Å². The predicted octanol–water partition coefficient (Wildman–Crippen LogP) is 2.59. The van der Waals surface area contributed by atoms with Crippen molar-refractivity contribution in [2.75, 3.05) is 19.6 Å². The molecular weight excluding hydrogens is 184 g/mol. The van der Waals surface area contributed by atoms with Crippen molar-refractivity contribution >= 4 is 0 Å². The van der Waals surface area contributed by atoms with E-state index in [1.54, 1.807) is 0 Å². The SMILES string of the molecule is CCCCN1C[C@H](C)N(C(C)C)C[C@@H]1C. The zero-order chi connectivity index (χ0) is 11.4. The maximum Gasteiger partial charge on any atom is 0.0198 e. The molecule has 0 unspecified atom stereocenters. The summed E-state index contributed by atoms with van der Waals surface area (Å²) in [5.74, 6) is 0. The Morgan fingerprint density at radius 2 is 1.80 bits per heavy atom. The summed E-state index contributed by atoms with van der Waals surface area (Å²) in [6, 6.07) is 2.14. The lowest BCUT2D eigenvalue weighted by molar-refractivity contribution is 0.0232. The first kappa shape index (κ1) is 13.0. The second-order valence-electron chi connectivity index (χ2n) is 5.34. The van der Waals surface area contributed by atoms with Gasteiger partial charge in [-0.15, -0.1) is 0 Å². The molecule has 1 heterocycles. The molecule has 2 atom stereocenters. The summed E-state index contributed by atoms with van der Waals surface area (Å²) < 4.78 is 0. The van der Waals surface area contributed by atoms with Crippen LogP contribution in [-0.4, -0.2) is 47.6 Å². The highest BCUT2D eigenvalue weighted by atomic mass is 15.3. The van der Waals surface area contributed by atoms with Crippen molar-refractivity contribution in [1.29, 1.82) is 0 Å². The van der Waals surface area contributed by atoms with Crippen LogP contribution in [0.15, 0.2) is 0 Å². The fraction of sp³-hybridized carbons (Fsp3) is 1.00. The van der Waals surface area contributed by atoms with E-state index in [-0.39, 0.29) is 0 Å². The van der Waals surface area contributed by atoms with Crippen LogP contribution < -0.4 is 0 Å². The van der Waals surface area contributed by atoms with E-state index >= 15 is 0 Å². The van der Waals surface area contributed by atoms with Gasteiger partial charge in [0.2, 0.25) is 0 Å². The number of piperazine rings is 1. The summed E-state index contributed by atoms with van der Waals surface area (Å²) in [4.78, 5) is 5.29. The van der Waals surface area contributed by atoms with Crippen LogP contribution in [0.25, 0.3) is 0 Å². The maximum atomic E-state index is 2.66. The van der Waals surface area contributed by atoms with Gasteiger partial charge in [0.05, 0.1) is 0 Å². The van der Waals surface area contributed by atoms with Crippen LogP contribution in [0.1, 0.15) is 47.5 Å². The van der Waals surface area contributed by atoms with Crippen molar-refractivity contribution in [3.05, 3.63) is 0 Å².